The molecule has 3 nitrogen and oxygen atoms in total. The summed E-state index contributed by atoms with van der Waals surface area (Å²) >= 11 is 0. The van der Waals surface area contributed by atoms with Gasteiger partial charge in [0.05, 0.1) is 7.11 Å². The summed E-state index contributed by atoms with van der Waals surface area (Å²) in [4.78, 5) is 11.6. The molecule has 0 aromatic heterocycles. The van der Waals surface area contributed by atoms with E-state index in [0.29, 0.717) is 5.56 Å². The topological polar surface area (TPSA) is 52.3 Å². The van der Waals surface area contributed by atoms with E-state index in [1.807, 2.05) is 12.1 Å². The Hall–Kier alpha value is -1.51. The maximum atomic E-state index is 11.6. The van der Waals surface area contributed by atoms with Gasteiger partial charge in [-0.3, -0.25) is 4.79 Å². The van der Waals surface area contributed by atoms with Crippen molar-refractivity contribution in [2.75, 3.05) is 7.11 Å². The van der Waals surface area contributed by atoms with Crippen LogP contribution in [0.25, 0.3) is 0 Å². The summed E-state index contributed by atoms with van der Waals surface area (Å²) < 4.78 is 5.67. The highest BCUT2D eigenvalue weighted by Gasteiger charge is 2.29. The van der Waals surface area contributed by atoms with Crippen LogP contribution in [0, 0.1) is 0 Å². The van der Waals surface area contributed by atoms with Crippen molar-refractivity contribution in [1.82, 2.24) is 0 Å². The van der Waals surface area contributed by atoms with E-state index in [0.717, 1.165) is 23.3 Å². The fourth-order valence-electron chi connectivity index (χ4n) is 2.24. The molecule has 0 spiro atoms. The molecular formula is C17H27NO2. The molecule has 1 rings (SSSR count). The van der Waals surface area contributed by atoms with E-state index in [1.54, 1.807) is 7.11 Å². The lowest BCUT2D eigenvalue weighted by Gasteiger charge is -2.31. The Morgan fingerprint density at radius 3 is 2.00 bits per heavy atom. The van der Waals surface area contributed by atoms with Gasteiger partial charge in [-0.1, -0.05) is 41.5 Å². The highest BCUT2D eigenvalue weighted by molar-refractivity contribution is 5.93. The molecule has 0 fully saturated rings. The molecule has 0 saturated carbocycles. The summed E-state index contributed by atoms with van der Waals surface area (Å²) in [6.07, 6.45) is 0.954. The zero-order chi connectivity index (χ0) is 15.7. The minimum atomic E-state index is -0.397. The van der Waals surface area contributed by atoms with E-state index in [1.165, 1.54) is 0 Å². The van der Waals surface area contributed by atoms with Gasteiger partial charge in [-0.25, -0.2) is 0 Å². The van der Waals surface area contributed by atoms with Crippen LogP contribution in [0.5, 0.6) is 5.75 Å². The molecule has 0 bridgehead atoms. The molecule has 3 heteroatoms. The maximum Gasteiger partial charge on any atom is 0.248 e. The third kappa shape index (κ3) is 3.14. The van der Waals surface area contributed by atoms with Gasteiger partial charge >= 0.3 is 0 Å². The number of hydrogen-bond donors (Lipinski definition) is 1. The van der Waals surface area contributed by atoms with Crippen molar-refractivity contribution in [3.8, 4) is 5.75 Å². The fraction of sp³-hybridized carbons (Fsp3) is 0.588. The van der Waals surface area contributed by atoms with Crippen LogP contribution >= 0.6 is 0 Å². The van der Waals surface area contributed by atoms with E-state index >= 15 is 0 Å². The molecule has 20 heavy (non-hydrogen) atoms. The van der Waals surface area contributed by atoms with Crippen LogP contribution in [0.2, 0.25) is 0 Å². The maximum absolute atomic E-state index is 11.6. The first-order valence-corrected chi connectivity index (χ1v) is 7.07. The smallest absolute Gasteiger partial charge is 0.248 e. The number of primary amides is 1. The first kappa shape index (κ1) is 16.5. The molecule has 1 amide bonds. The molecule has 0 aliphatic heterocycles. The van der Waals surface area contributed by atoms with E-state index in [9.17, 15) is 4.79 Å². The highest BCUT2D eigenvalue weighted by atomic mass is 16.5. The van der Waals surface area contributed by atoms with Gasteiger partial charge in [0.2, 0.25) is 5.91 Å². The van der Waals surface area contributed by atoms with E-state index in [-0.39, 0.29) is 10.8 Å². The van der Waals surface area contributed by atoms with Crippen LogP contribution in [-0.4, -0.2) is 13.0 Å². The van der Waals surface area contributed by atoms with Crippen LogP contribution in [0.4, 0.5) is 0 Å². The average Bonchev–Trinajstić information content (AvgIpc) is 2.35. The average molecular weight is 277 g/mol. The van der Waals surface area contributed by atoms with Crippen molar-refractivity contribution in [3.63, 3.8) is 0 Å². The molecule has 1 aromatic carbocycles. The number of ether oxygens (including phenoxy) is 1. The van der Waals surface area contributed by atoms with Gasteiger partial charge in [-0.15, -0.1) is 0 Å². The summed E-state index contributed by atoms with van der Waals surface area (Å²) in [6, 6.07) is 3.73. The second kappa shape index (κ2) is 5.47. The fourth-order valence-corrected chi connectivity index (χ4v) is 2.24. The predicted octanol–water partition coefficient (Wildman–Crippen LogP) is 3.78. The van der Waals surface area contributed by atoms with Crippen LogP contribution in [0.3, 0.4) is 0 Å². The van der Waals surface area contributed by atoms with Crippen LogP contribution in [-0.2, 0) is 10.8 Å². The predicted molar refractivity (Wildman–Crippen MR) is 83.5 cm³/mol. The molecule has 2 N–H and O–H groups in total. The molecule has 112 valence electrons. The van der Waals surface area contributed by atoms with Crippen molar-refractivity contribution < 1.29 is 9.53 Å². The highest BCUT2D eigenvalue weighted by Crippen LogP contribution is 2.41. The van der Waals surface area contributed by atoms with Crippen molar-refractivity contribution in [1.29, 1.82) is 0 Å². The first-order valence-electron chi connectivity index (χ1n) is 7.07. The first-order chi connectivity index (χ1) is 9.04. The molecule has 0 atom stereocenters. The second-order valence-corrected chi connectivity index (χ2v) is 6.96. The number of carbonyl (C=O) groups is 1. The lowest BCUT2D eigenvalue weighted by Crippen LogP contribution is -2.23. The standard InChI is InChI=1S/C17H27NO2/c1-8-17(5,6)13-10-11(15(18)19)9-12(14(13)20-7)16(2,3)4/h9-10H,8H2,1-7H3,(H2,18,19). The Bertz CT molecular complexity index is 510. The number of benzene rings is 1. The zero-order valence-corrected chi connectivity index (χ0v) is 13.8. The Morgan fingerprint density at radius 2 is 1.65 bits per heavy atom. The Morgan fingerprint density at radius 1 is 1.15 bits per heavy atom. The SMILES string of the molecule is CCC(C)(C)c1cc(C(N)=O)cc(C(C)(C)C)c1OC. The summed E-state index contributed by atoms with van der Waals surface area (Å²) in [5.41, 5.74) is 7.92. The molecule has 0 unspecified atom stereocenters. The van der Waals surface area contributed by atoms with Gasteiger partial charge in [0.1, 0.15) is 5.75 Å². The number of rotatable bonds is 4. The third-order valence-corrected chi connectivity index (χ3v) is 4.00. The van der Waals surface area contributed by atoms with Crippen LogP contribution in [0.1, 0.15) is 69.4 Å². The minimum absolute atomic E-state index is 0.0726. The van der Waals surface area contributed by atoms with Crippen molar-refractivity contribution in [2.24, 2.45) is 5.73 Å². The largest absolute Gasteiger partial charge is 0.496 e. The van der Waals surface area contributed by atoms with Crippen LogP contribution in [0.15, 0.2) is 12.1 Å². The molecule has 0 radical (unpaired) electrons. The quantitative estimate of drug-likeness (QED) is 0.910. The molecule has 1 aromatic rings. The minimum Gasteiger partial charge on any atom is -0.496 e. The van der Waals surface area contributed by atoms with Crippen molar-refractivity contribution >= 4 is 5.91 Å². The zero-order valence-electron chi connectivity index (χ0n) is 13.8. The molecular weight excluding hydrogens is 250 g/mol. The van der Waals surface area contributed by atoms with Gasteiger partial charge in [0, 0.05) is 16.7 Å². The Kier molecular flexibility index (Phi) is 4.52. The summed E-state index contributed by atoms with van der Waals surface area (Å²) in [6.45, 7) is 12.8. The number of nitrogens with two attached hydrogens (primary N) is 1. The normalized spacial score (nSPS) is 12.3. The molecule has 0 aliphatic rings. The monoisotopic (exact) mass is 277 g/mol. The molecule has 0 saturated heterocycles. The number of amides is 1. The number of methoxy groups -OCH3 is 1. The number of hydrogen-bond acceptors (Lipinski definition) is 2. The lowest BCUT2D eigenvalue weighted by atomic mass is 9.76. The van der Waals surface area contributed by atoms with Gasteiger partial charge in [0.15, 0.2) is 0 Å². The molecule has 0 heterocycles. The lowest BCUT2D eigenvalue weighted by molar-refractivity contribution is 0.1000. The summed E-state index contributed by atoms with van der Waals surface area (Å²) in [7, 11) is 1.68. The van der Waals surface area contributed by atoms with Crippen LogP contribution < -0.4 is 10.5 Å². The van der Waals surface area contributed by atoms with E-state index in [4.69, 9.17) is 10.5 Å². The van der Waals surface area contributed by atoms with Crippen molar-refractivity contribution in [3.05, 3.63) is 28.8 Å². The Balaban J connectivity index is 3.73. The van der Waals surface area contributed by atoms with Gasteiger partial charge < -0.3 is 10.5 Å². The van der Waals surface area contributed by atoms with E-state index < -0.39 is 5.91 Å². The van der Waals surface area contributed by atoms with Gasteiger partial charge in [-0.05, 0) is 29.4 Å². The summed E-state index contributed by atoms with van der Waals surface area (Å²) in [5, 5.41) is 0. The van der Waals surface area contributed by atoms with E-state index in [2.05, 4.69) is 41.5 Å². The number of carbonyl (C=O) groups excluding carboxylic acids is 1. The second-order valence-electron chi connectivity index (χ2n) is 6.96. The molecule has 0 aliphatic carbocycles. The summed E-state index contributed by atoms with van der Waals surface area (Å²) in [5.74, 6) is 0.473. The van der Waals surface area contributed by atoms with Gasteiger partial charge in [0.25, 0.3) is 0 Å². The Labute approximate surface area is 122 Å². The van der Waals surface area contributed by atoms with Gasteiger partial charge in [-0.2, -0.15) is 0 Å². The third-order valence-electron chi connectivity index (χ3n) is 4.00. The van der Waals surface area contributed by atoms with Crippen molar-refractivity contribution in [2.45, 2.75) is 58.8 Å².